The molecule has 1 saturated heterocycles. The second-order valence-corrected chi connectivity index (χ2v) is 7.50. The highest BCUT2D eigenvalue weighted by Gasteiger charge is 2.48. The van der Waals surface area contributed by atoms with Gasteiger partial charge in [0, 0.05) is 36.5 Å². The lowest BCUT2D eigenvalue weighted by atomic mass is 9.56. The summed E-state index contributed by atoms with van der Waals surface area (Å²) in [5.41, 5.74) is 0.512. The third-order valence-electron chi connectivity index (χ3n) is 5.69. The molecule has 3 rings (SSSR count). The van der Waals surface area contributed by atoms with Crippen LogP contribution in [0.2, 0.25) is 0 Å². The zero-order chi connectivity index (χ0) is 20.5. The lowest BCUT2D eigenvalue weighted by Crippen LogP contribution is -2.50. The van der Waals surface area contributed by atoms with Crippen molar-refractivity contribution in [1.82, 2.24) is 9.88 Å². The van der Waals surface area contributed by atoms with E-state index >= 15 is 0 Å². The van der Waals surface area contributed by atoms with Crippen molar-refractivity contribution in [3.63, 3.8) is 0 Å². The number of likely N-dealkylation sites (tertiary alicyclic amines) is 1. The fourth-order valence-corrected chi connectivity index (χ4v) is 3.99. The Balaban J connectivity index is 1.51. The van der Waals surface area contributed by atoms with Gasteiger partial charge < -0.3 is 14.7 Å². The molecule has 0 unspecified atom stereocenters. The molecule has 156 valence electrons. The van der Waals surface area contributed by atoms with E-state index in [1.165, 1.54) is 23.2 Å². The highest BCUT2D eigenvalue weighted by atomic mass is 19.4. The van der Waals surface area contributed by atoms with Crippen LogP contribution in [0.3, 0.4) is 0 Å². The zero-order valence-corrected chi connectivity index (χ0v) is 15.0. The second kappa shape index (κ2) is 7.81. The van der Waals surface area contributed by atoms with Gasteiger partial charge in [-0.05, 0) is 43.2 Å². The lowest BCUT2D eigenvalue weighted by molar-refractivity contribution is -0.215. The summed E-state index contributed by atoms with van der Waals surface area (Å²) < 4.78 is 67.9. The molecule has 1 N–H and O–H groups in total. The lowest BCUT2D eigenvalue weighted by Gasteiger charge is -2.52. The maximum absolute atomic E-state index is 12.8. The fraction of sp³-hybridized carbons (Fsp3) is 0.667. The average Bonchev–Trinajstić information content (AvgIpc) is 2.63. The van der Waals surface area contributed by atoms with E-state index in [2.05, 4.69) is 9.72 Å². The number of amides is 1. The fourth-order valence-electron chi connectivity index (χ4n) is 3.99. The van der Waals surface area contributed by atoms with Crippen LogP contribution in [0.15, 0.2) is 18.3 Å². The van der Waals surface area contributed by atoms with E-state index < -0.39 is 31.4 Å². The third-order valence-corrected chi connectivity index (χ3v) is 5.69. The molecule has 28 heavy (non-hydrogen) atoms. The molecular formula is C18H21F5N2O3. The number of hydrogen-bond acceptors (Lipinski definition) is 4. The maximum Gasteiger partial charge on any atom is 0.427 e. The zero-order valence-electron chi connectivity index (χ0n) is 15.0. The Morgan fingerprint density at radius 2 is 1.96 bits per heavy atom. The summed E-state index contributed by atoms with van der Waals surface area (Å²) in [5.74, 6) is 0.0706. The predicted molar refractivity (Wildman–Crippen MR) is 87.8 cm³/mol. The number of ether oxygens (including phenoxy) is 1. The second-order valence-electron chi connectivity index (χ2n) is 7.50. The van der Waals surface area contributed by atoms with E-state index in [0.29, 0.717) is 18.5 Å². The minimum absolute atomic E-state index is 0.0512. The van der Waals surface area contributed by atoms with E-state index in [1.54, 1.807) is 0 Å². The van der Waals surface area contributed by atoms with E-state index in [1.807, 2.05) is 0 Å². The predicted octanol–water partition coefficient (Wildman–Crippen LogP) is 4.04. The van der Waals surface area contributed by atoms with Crippen molar-refractivity contribution in [2.24, 2.45) is 5.41 Å². The molecule has 1 aliphatic heterocycles. The van der Waals surface area contributed by atoms with E-state index in [9.17, 15) is 26.7 Å². The number of aliphatic hydroxyl groups is 1. The van der Waals surface area contributed by atoms with Crippen molar-refractivity contribution < 1.29 is 36.6 Å². The average molecular weight is 408 g/mol. The Morgan fingerprint density at radius 3 is 2.50 bits per heavy atom. The first-order valence-electron chi connectivity index (χ1n) is 9.01. The highest BCUT2D eigenvalue weighted by molar-refractivity contribution is 5.68. The van der Waals surface area contributed by atoms with Crippen molar-refractivity contribution in [3.05, 3.63) is 29.6 Å². The monoisotopic (exact) mass is 408 g/mol. The number of carbonyl (C=O) groups is 1. The van der Waals surface area contributed by atoms with Gasteiger partial charge in [0.05, 0.1) is 6.61 Å². The van der Waals surface area contributed by atoms with Crippen LogP contribution >= 0.6 is 0 Å². The molecule has 10 heteroatoms. The minimum Gasteiger partial charge on any atom is -0.434 e. The quantitative estimate of drug-likeness (QED) is 0.764. The molecule has 2 aliphatic rings. The Hall–Kier alpha value is -1.97. The number of halogens is 5. The first kappa shape index (κ1) is 20.8. The third kappa shape index (κ3) is 4.37. The van der Waals surface area contributed by atoms with Crippen molar-refractivity contribution in [2.75, 3.05) is 19.7 Å². The molecule has 5 nitrogen and oxygen atoms in total. The van der Waals surface area contributed by atoms with Crippen molar-refractivity contribution in [3.8, 4) is 0 Å². The molecule has 0 bridgehead atoms. The van der Waals surface area contributed by atoms with Crippen LogP contribution in [0.4, 0.5) is 26.7 Å². The van der Waals surface area contributed by atoms with Gasteiger partial charge in [0.15, 0.2) is 0 Å². The molecule has 1 spiro atoms. The van der Waals surface area contributed by atoms with Crippen molar-refractivity contribution >= 4 is 6.09 Å². The Kier molecular flexibility index (Phi) is 5.79. The molecule has 2 fully saturated rings. The van der Waals surface area contributed by atoms with Gasteiger partial charge in [0.1, 0.15) is 0 Å². The summed E-state index contributed by atoms with van der Waals surface area (Å²) in [6.07, 6.45) is -6.92. The summed E-state index contributed by atoms with van der Waals surface area (Å²) >= 11 is 0. The number of rotatable bonds is 4. The van der Waals surface area contributed by atoms with Gasteiger partial charge in [-0.1, -0.05) is 0 Å². The largest absolute Gasteiger partial charge is 0.434 e. The smallest absolute Gasteiger partial charge is 0.427 e. The molecular weight excluding hydrogens is 387 g/mol. The van der Waals surface area contributed by atoms with Crippen LogP contribution < -0.4 is 0 Å². The molecule has 1 aromatic heterocycles. The van der Waals surface area contributed by atoms with Gasteiger partial charge in [-0.25, -0.2) is 13.6 Å². The van der Waals surface area contributed by atoms with Crippen molar-refractivity contribution in [2.45, 2.75) is 50.3 Å². The van der Waals surface area contributed by atoms with E-state index in [4.69, 9.17) is 5.11 Å². The number of alkyl halides is 5. The number of aromatic nitrogens is 1. The number of piperidine rings is 1. The number of pyridine rings is 1. The normalized spacial score (nSPS) is 20.9. The van der Waals surface area contributed by atoms with Crippen LogP contribution in [-0.4, -0.2) is 53.1 Å². The molecule has 0 radical (unpaired) electrons. The number of nitrogens with zero attached hydrogens (tertiary/aromatic N) is 2. The minimum atomic E-state index is -4.82. The number of hydrogen-bond donors (Lipinski definition) is 1. The molecule has 1 amide bonds. The van der Waals surface area contributed by atoms with Crippen LogP contribution in [0.25, 0.3) is 0 Å². The molecule has 1 atom stereocenters. The number of aliphatic hydroxyl groups excluding tert-OH is 1. The molecule has 1 aliphatic carbocycles. The molecule has 2 heterocycles. The standard InChI is InChI=1S/C18H21F5N2O3/c19-15(20)11-1-4-24-13(7-11)12-8-17(9-12)2-5-25(6-3-17)16(27)28-14(10-26)18(21,22)23/h1,4,7,12,14-15,26H,2-3,5-6,8-10H2/t14-/m1/s1. The van der Waals surface area contributed by atoms with Gasteiger partial charge in [0.2, 0.25) is 6.10 Å². The first-order chi connectivity index (χ1) is 13.1. The molecule has 1 saturated carbocycles. The summed E-state index contributed by atoms with van der Waals surface area (Å²) in [5, 5.41) is 8.76. The van der Waals surface area contributed by atoms with Crippen LogP contribution in [-0.2, 0) is 4.74 Å². The maximum atomic E-state index is 12.8. The van der Waals surface area contributed by atoms with E-state index in [0.717, 1.165) is 12.8 Å². The molecule has 0 aromatic carbocycles. The van der Waals surface area contributed by atoms with Crippen LogP contribution in [0.5, 0.6) is 0 Å². The SMILES string of the molecule is O=C(O[C@H](CO)C(F)(F)F)N1CCC2(CC1)CC(c1cc(C(F)F)ccn1)C2. The first-order valence-corrected chi connectivity index (χ1v) is 9.01. The Labute approximate surface area is 158 Å². The summed E-state index contributed by atoms with van der Waals surface area (Å²) in [6, 6.07) is 2.70. The van der Waals surface area contributed by atoms with Gasteiger partial charge in [-0.15, -0.1) is 0 Å². The summed E-state index contributed by atoms with van der Waals surface area (Å²) in [7, 11) is 0. The number of carbonyl (C=O) groups excluding carboxylic acids is 1. The summed E-state index contributed by atoms with van der Waals surface area (Å²) in [6.45, 7) is -0.808. The van der Waals surface area contributed by atoms with Crippen LogP contribution in [0, 0.1) is 5.41 Å². The van der Waals surface area contributed by atoms with Gasteiger partial charge in [-0.3, -0.25) is 4.98 Å². The van der Waals surface area contributed by atoms with Gasteiger partial charge in [-0.2, -0.15) is 13.2 Å². The Bertz CT molecular complexity index is 697. The summed E-state index contributed by atoms with van der Waals surface area (Å²) in [4.78, 5) is 17.3. The van der Waals surface area contributed by atoms with Gasteiger partial charge in [0.25, 0.3) is 6.43 Å². The highest BCUT2D eigenvalue weighted by Crippen LogP contribution is 2.56. The topological polar surface area (TPSA) is 62.7 Å². The molecule has 1 aromatic rings. The van der Waals surface area contributed by atoms with E-state index in [-0.39, 0.29) is 30.0 Å². The van der Waals surface area contributed by atoms with Crippen molar-refractivity contribution in [1.29, 1.82) is 0 Å². The van der Waals surface area contributed by atoms with Crippen LogP contribution in [0.1, 0.15) is 49.3 Å². The van der Waals surface area contributed by atoms with Gasteiger partial charge >= 0.3 is 12.3 Å². The Morgan fingerprint density at radius 1 is 1.32 bits per heavy atom.